The highest BCUT2D eigenvalue weighted by molar-refractivity contribution is 7.85. The van der Waals surface area contributed by atoms with E-state index in [2.05, 4.69) is 16.8 Å². The smallest absolute Gasteiger partial charge is 0.446 e. The van der Waals surface area contributed by atoms with Crippen molar-refractivity contribution in [3.63, 3.8) is 0 Å². The fourth-order valence-corrected chi connectivity index (χ4v) is 1.20. The molecular formula is C8H7NO6S2. The van der Waals surface area contributed by atoms with E-state index in [1.54, 1.807) is 0 Å². The minimum absolute atomic E-state index is 0.342. The molecule has 7 nitrogen and oxygen atoms in total. The number of benzene rings is 1. The van der Waals surface area contributed by atoms with E-state index in [1.807, 2.05) is 0 Å². The molecule has 1 aromatic rings. The molecule has 0 heterocycles. The second-order valence-electron chi connectivity index (χ2n) is 2.41. The Morgan fingerprint density at radius 2 is 1.88 bits per heavy atom. The maximum Gasteiger partial charge on any atom is 0.446 e. The summed E-state index contributed by atoms with van der Waals surface area (Å²) >= 11 is 3.09. The summed E-state index contributed by atoms with van der Waals surface area (Å²) < 4.78 is 33.0. The zero-order chi connectivity index (χ0) is 13.5. The number of para-hydroxylation sites is 1. The normalized spacial score (nSPS) is 9.47. The second kappa shape index (κ2) is 6.74. The van der Waals surface area contributed by atoms with E-state index in [-0.39, 0.29) is 5.56 Å². The number of hydrogen-bond acceptors (Lipinski definition) is 6. The molecule has 0 aliphatic heterocycles. The maximum atomic E-state index is 10.6. The Bertz CT molecular complexity index is 533. The third kappa shape index (κ3) is 6.41. The summed E-state index contributed by atoms with van der Waals surface area (Å²) in [4.78, 5) is 10.6. The number of aromatic carboxylic acids is 1. The van der Waals surface area contributed by atoms with Crippen LogP contribution in [0.5, 0.6) is 5.75 Å². The van der Waals surface area contributed by atoms with Crippen LogP contribution in [0, 0.1) is 10.7 Å². The summed E-state index contributed by atoms with van der Waals surface area (Å²) in [6, 6.07) is 5.06. The number of carboxylic acid groups (broad SMARTS) is 1. The minimum Gasteiger partial charge on any atom is -0.478 e. The van der Waals surface area contributed by atoms with Gasteiger partial charge < -0.3 is 9.29 Å². The standard InChI is InChI=1S/C7H6O6S.CHNS/c8-7(9)5-3-1-2-4-6(5)13-14(10,11)12;2-1-3/h1-4H,(H,8,9)(H,10,11,12);3H. The molecule has 0 saturated heterocycles. The molecule has 0 fully saturated rings. The molecule has 17 heavy (non-hydrogen) atoms. The van der Waals surface area contributed by atoms with Gasteiger partial charge in [-0.1, -0.05) is 24.8 Å². The predicted molar refractivity (Wildman–Crippen MR) is 60.2 cm³/mol. The van der Waals surface area contributed by atoms with Gasteiger partial charge in [-0.2, -0.15) is 13.7 Å². The third-order valence-electron chi connectivity index (χ3n) is 1.31. The summed E-state index contributed by atoms with van der Waals surface area (Å²) in [6.07, 6.45) is 0. The first-order chi connectivity index (χ1) is 7.81. The van der Waals surface area contributed by atoms with E-state index in [0.717, 1.165) is 12.1 Å². The first-order valence-electron chi connectivity index (χ1n) is 3.84. The molecule has 0 atom stereocenters. The Hall–Kier alpha value is -1.76. The van der Waals surface area contributed by atoms with Crippen LogP contribution < -0.4 is 4.18 Å². The molecule has 1 aromatic carbocycles. The van der Waals surface area contributed by atoms with Crippen LogP contribution in [0.25, 0.3) is 0 Å². The average molecular weight is 277 g/mol. The van der Waals surface area contributed by atoms with Crippen LogP contribution in [-0.4, -0.2) is 24.0 Å². The minimum atomic E-state index is -4.70. The van der Waals surface area contributed by atoms with Gasteiger partial charge in [-0.25, -0.2) is 4.79 Å². The van der Waals surface area contributed by atoms with E-state index < -0.39 is 22.1 Å². The second-order valence-corrected chi connectivity index (χ2v) is 3.63. The molecule has 2 N–H and O–H groups in total. The highest BCUT2D eigenvalue weighted by Crippen LogP contribution is 2.18. The number of carboxylic acids is 1. The highest BCUT2D eigenvalue weighted by Gasteiger charge is 2.15. The zero-order valence-corrected chi connectivity index (χ0v) is 9.85. The van der Waals surface area contributed by atoms with E-state index in [9.17, 15) is 13.2 Å². The van der Waals surface area contributed by atoms with Gasteiger partial charge in [-0.3, -0.25) is 4.55 Å². The summed E-state index contributed by atoms with van der Waals surface area (Å²) in [6.45, 7) is 0. The van der Waals surface area contributed by atoms with Gasteiger partial charge in [0.15, 0.2) is 5.75 Å². The number of nitrogens with zero attached hydrogens (tertiary/aromatic N) is 1. The Labute approximate surface area is 103 Å². The van der Waals surface area contributed by atoms with Crippen molar-refractivity contribution >= 4 is 29.0 Å². The Morgan fingerprint density at radius 1 is 1.41 bits per heavy atom. The monoisotopic (exact) mass is 277 g/mol. The average Bonchev–Trinajstić information content (AvgIpc) is 2.16. The fraction of sp³-hybridized carbons (Fsp3) is 0. The molecular weight excluding hydrogens is 270 g/mol. The van der Waals surface area contributed by atoms with E-state index in [4.69, 9.17) is 14.9 Å². The first kappa shape index (κ1) is 15.2. The lowest BCUT2D eigenvalue weighted by Crippen LogP contribution is -2.10. The van der Waals surface area contributed by atoms with Crippen molar-refractivity contribution in [2.45, 2.75) is 0 Å². The quantitative estimate of drug-likeness (QED) is 0.427. The molecule has 0 aliphatic carbocycles. The van der Waals surface area contributed by atoms with E-state index in [0.29, 0.717) is 0 Å². The topological polar surface area (TPSA) is 125 Å². The van der Waals surface area contributed by atoms with Crippen molar-refractivity contribution in [3.05, 3.63) is 29.8 Å². The highest BCUT2D eigenvalue weighted by atomic mass is 32.3. The maximum absolute atomic E-state index is 10.6. The molecule has 0 radical (unpaired) electrons. The third-order valence-corrected chi connectivity index (χ3v) is 1.70. The molecule has 1 rings (SSSR count). The van der Waals surface area contributed by atoms with Gasteiger partial charge in [0.05, 0.1) is 0 Å². The molecule has 0 bridgehead atoms. The van der Waals surface area contributed by atoms with Crippen LogP contribution in [-0.2, 0) is 10.4 Å². The van der Waals surface area contributed by atoms with Crippen molar-refractivity contribution < 1.29 is 27.1 Å². The van der Waals surface area contributed by atoms with Crippen LogP contribution in [0.15, 0.2) is 24.3 Å². The molecule has 0 amide bonds. The lowest BCUT2D eigenvalue weighted by atomic mass is 10.2. The zero-order valence-electron chi connectivity index (χ0n) is 8.14. The van der Waals surface area contributed by atoms with Gasteiger partial charge in [0.1, 0.15) is 11.0 Å². The molecule has 92 valence electrons. The molecule has 0 saturated carbocycles. The number of hydrogen-bond donors (Lipinski definition) is 3. The van der Waals surface area contributed by atoms with Gasteiger partial charge in [0, 0.05) is 0 Å². The van der Waals surface area contributed by atoms with Gasteiger partial charge >= 0.3 is 16.4 Å². The number of nitriles is 1. The number of carbonyl (C=O) groups is 1. The SMILES string of the molecule is N#CS.O=C(O)c1ccccc1OS(=O)(=O)O. The molecule has 0 aliphatic rings. The molecule has 9 heteroatoms. The van der Waals surface area contributed by atoms with Crippen molar-refractivity contribution in [1.82, 2.24) is 0 Å². The van der Waals surface area contributed by atoms with Crippen LogP contribution >= 0.6 is 12.6 Å². The molecule has 0 spiro atoms. The summed E-state index contributed by atoms with van der Waals surface area (Å²) in [5.74, 6) is -1.77. The summed E-state index contributed by atoms with van der Waals surface area (Å²) in [5.41, 5.74) is -0.342. The Kier molecular flexibility index (Phi) is 6.05. The number of thiol groups is 1. The fourth-order valence-electron chi connectivity index (χ4n) is 0.829. The Morgan fingerprint density at radius 3 is 2.29 bits per heavy atom. The van der Waals surface area contributed by atoms with Crippen LogP contribution in [0.2, 0.25) is 0 Å². The van der Waals surface area contributed by atoms with Gasteiger partial charge in [-0.15, -0.1) is 0 Å². The van der Waals surface area contributed by atoms with Crippen molar-refractivity contribution in [2.24, 2.45) is 0 Å². The predicted octanol–water partition coefficient (Wildman–Crippen LogP) is 0.964. The van der Waals surface area contributed by atoms with Crippen LogP contribution in [0.3, 0.4) is 0 Å². The first-order valence-corrected chi connectivity index (χ1v) is 5.65. The van der Waals surface area contributed by atoms with E-state index >= 15 is 0 Å². The van der Waals surface area contributed by atoms with E-state index in [1.165, 1.54) is 17.5 Å². The lowest BCUT2D eigenvalue weighted by molar-refractivity contribution is 0.0695. The number of thiocyanates is 1. The van der Waals surface area contributed by atoms with Gasteiger partial charge in [-0.05, 0) is 12.1 Å². The van der Waals surface area contributed by atoms with Gasteiger partial charge in [0.2, 0.25) is 0 Å². The van der Waals surface area contributed by atoms with Crippen molar-refractivity contribution in [3.8, 4) is 11.2 Å². The summed E-state index contributed by atoms with van der Waals surface area (Å²) in [7, 11) is -4.70. The van der Waals surface area contributed by atoms with Gasteiger partial charge in [0.25, 0.3) is 0 Å². The summed E-state index contributed by atoms with van der Waals surface area (Å²) in [5, 5.41) is 17.2. The largest absolute Gasteiger partial charge is 0.478 e. The van der Waals surface area contributed by atoms with Crippen molar-refractivity contribution in [1.29, 1.82) is 5.26 Å². The Balaban J connectivity index is 0.000000770. The lowest BCUT2D eigenvalue weighted by Gasteiger charge is -2.03. The van der Waals surface area contributed by atoms with Crippen LogP contribution in [0.1, 0.15) is 10.4 Å². The number of rotatable bonds is 3. The molecule has 0 unspecified atom stereocenters. The van der Waals surface area contributed by atoms with Crippen LogP contribution in [0.4, 0.5) is 0 Å². The van der Waals surface area contributed by atoms with Crippen molar-refractivity contribution in [2.75, 3.05) is 0 Å². The molecule has 0 aromatic heterocycles.